The summed E-state index contributed by atoms with van der Waals surface area (Å²) >= 11 is 0. The molecule has 3 aromatic rings. The van der Waals surface area contributed by atoms with E-state index in [1.54, 1.807) is 36.7 Å². The first-order valence-corrected chi connectivity index (χ1v) is 10.0. The van der Waals surface area contributed by atoms with Crippen LogP contribution in [0.2, 0.25) is 0 Å². The van der Waals surface area contributed by atoms with E-state index in [0.717, 1.165) is 24.0 Å². The summed E-state index contributed by atoms with van der Waals surface area (Å²) in [5.41, 5.74) is 2.86. The molecule has 7 nitrogen and oxygen atoms in total. The highest BCUT2D eigenvalue weighted by molar-refractivity contribution is 5.95. The Kier molecular flexibility index (Phi) is 5.52. The lowest BCUT2D eigenvalue weighted by molar-refractivity contribution is 0.0951. The van der Waals surface area contributed by atoms with Gasteiger partial charge in [0.2, 0.25) is 0 Å². The minimum Gasteiger partial charge on any atom is -0.508 e. The van der Waals surface area contributed by atoms with Gasteiger partial charge in [0.1, 0.15) is 5.75 Å². The van der Waals surface area contributed by atoms with E-state index in [1.165, 1.54) is 4.57 Å². The highest BCUT2D eigenvalue weighted by atomic mass is 16.3. The summed E-state index contributed by atoms with van der Waals surface area (Å²) in [5.74, 6) is 0.361. The molecule has 4 rings (SSSR count). The van der Waals surface area contributed by atoms with E-state index >= 15 is 0 Å². The fraction of sp³-hybridized carbons (Fsp3) is 0.261. The van der Waals surface area contributed by atoms with Crippen molar-refractivity contribution < 1.29 is 9.90 Å². The normalized spacial score (nSPS) is 13.1. The number of anilines is 1. The first-order valence-electron chi connectivity index (χ1n) is 10.0. The lowest BCUT2D eigenvalue weighted by Crippen LogP contribution is -2.27. The third-order valence-corrected chi connectivity index (χ3v) is 5.13. The van der Waals surface area contributed by atoms with E-state index in [4.69, 9.17) is 0 Å². The molecule has 7 heteroatoms. The van der Waals surface area contributed by atoms with Crippen molar-refractivity contribution in [3.63, 3.8) is 0 Å². The van der Waals surface area contributed by atoms with Crippen LogP contribution in [0.15, 0.2) is 59.7 Å². The Morgan fingerprint density at radius 3 is 2.70 bits per heavy atom. The standard InChI is InChI=1S/C23H24N4O3/c1-15-2-5-17(22(29)26-18-6-7-18)14-20(15)27-13-12-25-21(23(27)30)24-11-10-16-3-8-19(28)9-4-16/h2-5,8-9,12-14,18,28H,6-7,10-11H2,1H3,(H,24,25)(H,26,29). The number of phenolic OH excluding ortho intramolecular Hbond substituents is 1. The minimum absolute atomic E-state index is 0.117. The van der Waals surface area contributed by atoms with Crippen molar-refractivity contribution in [1.29, 1.82) is 0 Å². The molecule has 154 valence electrons. The number of amides is 1. The SMILES string of the molecule is Cc1ccc(C(=O)NC2CC2)cc1-n1ccnc(NCCc2ccc(O)cc2)c1=O. The van der Waals surface area contributed by atoms with Gasteiger partial charge in [0.15, 0.2) is 5.82 Å². The number of nitrogens with zero attached hydrogens (tertiary/aromatic N) is 2. The van der Waals surface area contributed by atoms with Crippen molar-refractivity contribution in [3.8, 4) is 11.4 Å². The molecule has 0 unspecified atom stereocenters. The molecule has 1 saturated carbocycles. The highest BCUT2D eigenvalue weighted by Crippen LogP contribution is 2.21. The molecular weight excluding hydrogens is 380 g/mol. The predicted molar refractivity (Wildman–Crippen MR) is 115 cm³/mol. The zero-order chi connectivity index (χ0) is 21.1. The smallest absolute Gasteiger partial charge is 0.297 e. The van der Waals surface area contributed by atoms with Gasteiger partial charge in [-0.15, -0.1) is 0 Å². The maximum Gasteiger partial charge on any atom is 0.297 e. The molecule has 0 saturated heterocycles. The predicted octanol–water partition coefficient (Wildman–Crippen LogP) is 2.79. The second-order valence-corrected chi connectivity index (χ2v) is 7.54. The number of carbonyl (C=O) groups is 1. The van der Waals surface area contributed by atoms with Crippen LogP contribution in [0.3, 0.4) is 0 Å². The van der Waals surface area contributed by atoms with Gasteiger partial charge < -0.3 is 15.7 Å². The number of benzene rings is 2. The number of phenols is 1. The molecule has 0 atom stereocenters. The fourth-order valence-electron chi connectivity index (χ4n) is 3.22. The number of nitrogens with one attached hydrogen (secondary N) is 2. The molecule has 1 aliphatic rings. The molecule has 0 radical (unpaired) electrons. The van der Waals surface area contributed by atoms with Crippen LogP contribution in [0.25, 0.3) is 5.69 Å². The molecule has 1 amide bonds. The van der Waals surface area contributed by atoms with Gasteiger partial charge in [-0.2, -0.15) is 0 Å². The monoisotopic (exact) mass is 404 g/mol. The van der Waals surface area contributed by atoms with Crippen LogP contribution in [-0.4, -0.2) is 33.2 Å². The van der Waals surface area contributed by atoms with Crippen LogP contribution >= 0.6 is 0 Å². The second-order valence-electron chi connectivity index (χ2n) is 7.54. The molecule has 0 aliphatic heterocycles. The zero-order valence-corrected chi connectivity index (χ0v) is 16.8. The van der Waals surface area contributed by atoms with Gasteiger partial charge in [0, 0.05) is 30.5 Å². The van der Waals surface area contributed by atoms with Crippen molar-refractivity contribution in [2.24, 2.45) is 0 Å². The van der Waals surface area contributed by atoms with Crippen LogP contribution in [0.4, 0.5) is 5.82 Å². The Balaban J connectivity index is 1.52. The molecule has 2 aromatic carbocycles. The molecule has 30 heavy (non-hydrogen) atoms. The summed E-state index contributed by atoms with van der Waals surface area (Å²) in [4.78, 5) is 29.6. The van der Waals surface area contributed by atoms with Gasteiger partial charge in [-0.25, -0.2) is 4.98 Å². The topological polar surface area (TPSA) is 96.2 Å². The molecule has 1 fully saturated rings. The van der Waals surface area contributed by atoms with Crippen molar-refractivity contribution >= 4 is 11.7 Å². The molecule has 0 bridgehead atoms. The van der Waals surface area contributed by atoms with Crippen LogP contribution in [0, 0.1) is 6.92 Å². The van der Waals surface area contributed by atoms with E-state index in [9.17, 15) is 14.7 Å². The first kappa shape index (κ1) is 19.7. The van der Waals surface area contributed by atoms with E-state index in [1.807, 2.05) is 25.1 Å². The highest BCUT2D eigenvalue weighted by Gasteiger charge is 2.24. The Morgan fingerprint density at radius 2 is 1.97 bits per heavy atom. The number of hydrogen-bond acceptors (Lipinski definition) is 5. The largest absolute Gasteiger partial charge is 0.508 e. The van der Waals surface area contributed by atoms with Crippen molar-refractivity contribution in [2.45, 2.75) is 32.2 Å². The quantitative estimate of drug-likeness (QED) is 0.563. The number of rotatable bonds is 7. The van der Waals surface area contributed by atoms with Crippen molar-refractivity contribution in [2.75, 3.05) is 11.9 Å². The molecular formula is C23H24N4O3. The van der Waals surface area contributed by atoms with Gasteiger partial charge in [-0.1, -0.05) is 18.2 Å². The Bertz CT molecular complexity index is 1120. The Labute approximate surface area is 174 Å². The molecule has 0 spiro atoms. The lowest BCUT2D eigenvalue weighted by Gasteiger charge is -2.13. The summed E-state index contributed by atoms with van der Waals surface area (Å²) in [6.07, 6.45) is 5.91. The van der Waals surface area contributed by atoms with Crippen LogP contribution in [0.5, 0.6) is 5.75 Å². The number of aromatic nitrogens is 2. The third kappa shape index (κ3) is 4.51. The number of carbonyl (C=O) groups excluding carboxylic acids is 1. The van der Waals surface area contributed by atoms with Crippen molar-refractivity contribution in [1.82, 2.24) is 14.9 Å². The van der Waals surface area contributed by atoms with Gasteiger partial charge in [0.25, 0.3) is 11.5 Å². The van der Waals surface area contributed by atoms with Crippen LogP contribution in [-0.2, 0) is 6.42 Å². The Morgan fingerprint density at radius 1 is 1.20 bits per heavy atom. The summed E-state index contributed by atoms with van der Waals surface area (Å²) in [6, 6.07) is 12.6. The Hall–Kier alpha value is -3.61. The summed E-state index contributed by atoms with van der Waals surface area (Å²) < 4.78 is 1.51. The van der Waals surface area contributed by atoms with E-state index in [-0.39, 0.29) is 29.1 Å². The summed E-state index contributed by atoms with van der Waals surface area (Å²) in [6.45, 7) is 2.43. The molecule has 3 N–H and O–H groups in total. The minimum atomic E-state index is -0.272. The van der Waals surface area contributed by atoms with Gasteiger partial charge in [0.05, 0.1) is 5.69 Å². The van der Waals surface area contributed by atoms with Gasteiger partial charge in [-0.3, -0.25) is 14.2 Å². The summed E-state index contributed by atoms with van der Waals surface area (Å²) in [7, 11) is 0. The number of aromatic hydroxyl groups is 1. The van der Waals surface area contributed by atoms with E-state index < -0.39 is 0 Å². The van der Waals surface area contributed by atoms with E-state index in [2.05, 4.69) is 15.6 Å². The fourth-order valence-corrected chi connectivity index (χ4v) is 3.22. The van der Waals surface area contributed by atoms with E-state index in [0.29, 0.717) is 24.2 Å². The molecule has 1 aliphatic carbocycles. The summed E-state index contributed by atoms with van der Waals surface area (Å²) in [5, 5.41) is 15.4. The average Bonchev–Trinajstić information content (AvgIpc) is 3.55. The number of aryl methyl sites for hydroxylation is 1. The van der Waals surface area contributed by atoms with Gasteiger partial charge in [-0.05, 0) is 61.6 Å². The van der Waals surface area contributed by atoms with Crippen LogP contribution in [0.1, 0.15) is 34.3 Å². The molecule has 1 aromatic heterocycles. The third-order valence-electron chi connectivity index (χ3n) is 5.13. The maximum atomic E-state index is 13.0. The van der Waals surface area contributed by atoms with Crippen LogP contribution < -0.4 is 16.2 Å². The second kappa shape index (κ2) is 8.41. The lowest BCUT2D eigenvalue weighted by atomic mass is 10.1. The zero-order valence-electron chi connectivity index (χ0n) is 16.8. The average molecular weight is 404 g/mol. The van der Waals surface area contributed by atoms with Crippen molar-refractivity contribution in [3.05, 3.63) is 81.9 Å². The first-order chi connectivity index (χ1) is 14.5. The van der Waals surface area contributed by atoms with Gasteiger partial charge >= 0.3 is 0 Å². The molecule has 1 heterocycles. The number of hydrogen-bond donors (Lipinski definition) is 3. The maximum absolute atomic E-state index is 13.0.